The standard InChI is InChI=1S/C24H32O2/c1-9-11-18(12-10-2)21(25)14-13-17-15-19(23(3,4)5)22(26)20(16-17)24(6,7)8/h1-2,15-16,18,26H,11-14H2,3-8H3. The predicted octanol–water partition coefficient (Wildman–Crippen LogP) is 5.15. The number of carbonyl (C=O) groups excluding carboxylic acids is 1. The number of benzene rings is 1. The molecule has 1 rings (SSSR count). The van der Waals surface area contributed by atoms with Crippen molar-refractivity contribution in [2.45, 2.75) is 78.1 Å². The number of terminal acetylenes is 2. The van der Waals surface area contributed by atoms with Crippen LogP contribution in [0.3, 0.4) is 0 Å². The van der Waals surface area contributed by atoms with Gasteiger partial charge in [-0.25, -0.2) is 0 Å². The summed E-state index contributed by atoms with van der Waals surface area (Å²) in [5.74, 6) is 5.31. The summed E-state index contributed by atoms with van der Waals surface area (Å²) < 4.78 is 0. The monoisotopic (exact) mass is 352 g/mol. The van der Waals surface area contributed by atoms with E-state index in [0.29, 0.717) is 31.4 Å². The summed E-state index contributed by atoms with van der Waals surface area (Å²) in [4.78, 5) is 12.5. The van der Waals surface area contributed by atoms with E-state index in [2.05, 4.69) is 53.4 Å². The normalized spacial score (nSPS) is 11.9. The van der Waals surface area contributed by atoms with Crippen molar-refractivity contribution in [1.29, 1.82) is 0 Å². The highest BCUT2D eigenvalue weighted by Gasteiger charge is 2.26. The number of rotatable bonds is 6. The van der Waals surface area contributed by atoms with Crippen molar-refractivity contribution >= 4 is 5.78 Å². The van der Waals surface area contributed by atoms with Crippen LogP contribution in [0, 0.1) is 30.6 Å². The van der Waals surface area contributed by atoms with Gasteiger partial charge in [-0.1, -0.05) is 53.7 Å². The third-order valence-corrected chi connectivity index (χ3v) is 4.63. The molecule has 0 unspecified atom stereocenters. The lowest BCUT2D eigenvalue weighted by atomic mass is 9.78. The van der Waals surface area contributed by atoms with Crippen LogP contribution in [0.5, 0.6) is 5.75 Å². The van der Waals surface area contributed by atoms with Gasteiger partial charge in [0.2, 0.25) is 0 Å². The Kier molecular flexibility index (Phi) is 7.11. The average molecular weight is 353 g/mol. The maximum atomic E-state index is 12.5. The van der Waals surface area contributed by atoms with Crippen LogP contribution in [-0.2, 0) is 22.0 Å². The molecule has 0 amide bonds. The number of phenols is 1. The van der Waals surface area contributed by atoms with Gasteiger partial charge in [0.25, 0.3) is 0 Å². The molecule has 0 bridgehead atoms. The Labute approximate surface area is 159 Å². The Morgan fingerprint density at radius 2 is 1.42 bits per heavy atom. The van der Waals surface area contributed by atoms with Gasteiger partial charge in [0.05, 0.1) is 0 Å². The van der Waals surface area contributed by atoms with E-state index in [4.69, 9.17) is 12.8 Å². The van der Waals surface area contributed by atoms with E-state index in [1.807, 2.05) is 12.1 Å². The molecule has 2 heteroatoms. The van der Waals surface area contributed by atoms with Crippen LogP contribution >= 0.6 is 0 Å². The van der Waals surface area contributed by atoms with Crippen molar-refractivity contribution in [3.05, 3.63) is 28.8 Å². The smallest absolute Gasteiger partial charge is 0.138 e. The molecule has 0 saturated carbocycles. The maximum absolute atomic E-state index is 12.5. The van der Waals surface area contributed by atoms with E-state index in [1.54, 1.807) is 0 Å². The van der Waals surface area contributed by atoms with E-state index in [0.717, 1.165) is 16.7 Å². The fourth-order valence-corrected chi connectivity index (χ4v) is 3.04. The van der Waals surface area contributed by atoms with Gasteiger partial charge in [0, 0.05) is 25.2 Å². The largest absolute Gasteiger partial charge is 0.507 e. The molecular formula is C24H32O2. The van der Waals surface area contributed by atoms with Crippen LogP contribution in [0.25, 0.3) is 0 Å². The van der Waals surface area contributed by atoms with Gasteiger partial charge in [-0.05, 0) is 33.9 Å². The molecule has 0 saturated heterocycles. The first-order chi connectivity index (χ1) is 11.9. The fourth-order valence-electron chi connectivity index (χ4n) is 3.04. The van der Waals surface area contributed by atoms with E-state index in [9.17, 15) is 9.90 Å². The van der Waals surface area contributed by atoms with Gasteiger partial charge in [0.1, 0.15) is 11.5 Å². The van der Waals surface area contributed by atoms with Gasteiger partial charge in [-0.15, -0.1) is 24.7 Å². The molecule has 0 atom stereocenters. The molecule has 1 aromatic carbocycles. The first kappa shape index (κ1) is 21.9. The Balaban J connectivity index is 3.16. The number of aromatic hydroxyl groups is 1. The Hall–Kier alpha value is -2.19. The SMILES string of the molecule is C#CCC(CC#C)C(=O)CCc1cc(C(C)(C)C)c(O)c(C(C)(C)C)c1. The van der Waals surface area contributed by atoms with E-state index < -0.39 is 0 Å². The summed E-state index contributed by atoms with van der Waals surface area (Å²) in [6.07, 6.45) is 12.5. The first-order valence-electron chi connectivity index (χ1n) is 9.18. The molecule has 0 fully saturated rings. The summed E-state index contributed by atoms with van der Waals surface area (Å²) in [5, 5.41) is 10.8. The Bertz CT molecular complexity index is 676. The van der Waals surface area contributed by atoms with Crippen molar-refractivity contribution in [2.24, 2.45) is 5.92 Å². The topological polar surface area (TPSA) is 37.3 Å². The zero-order valence-electron chi connectivity index (χ0n) is 17.1. The van der Waals surface area contributed by atoms with Gasteiger partial charge in [-0.2, -0.15) is 0 Å². The second-order valence-corrected chi connectivity index (χ2v) is 9.02. The molecule has 0 aliphatic rings. The molecule has 0 aliphatic heterocycles. The quantitative estimate of drug-likeness (QED) is 0.719. The van der Waals surface area contributed by atoms with Crippen LogP contribution in [-0.4, -0.2) is 10.9 Å². The molecule has 0 heterocycles. The zero-order valence-corrected chi connectivity index (χ0v) is 17.1. The molecule has 0 radical (unpaired) electrons. The minimum atomic E-state index is -0.258. The summed E-state index contributed by atoms with van der Waals surface area (Å²) in [5.41, 5.74) is 2.53. The number of phenolic OH excluding ortho intramolecular Hbond substituents is 1. The van der Waals surface area contributed by atoms with E-state index >= 15 is 0 Å². The zero-order chi connectivity index (χ0) is 20.1. The van der Waals surface area contributed by atoms with Gasteiger partial charge in [0.15, 0.2) is 0 Å². The van der Waals surface area contributed by atoms with Crippen LogP contribution in [0.15, 0.2) is 12.1 Å². The minimum Gasteiger partial charge on any atom is -0.507 e. The average Bonchev–Trinajstić information content (AvgIpc) is 2.51. The van der Waals surface area contributed by atoms with Gasteiger partial charge >= 0.3 is 0 Å². The fraction of sp³-hybridized carbons (Fsp3) is 0.542. The number of carbonyl (C=O) groups is 1. The molecule has 0 aliphatic carbocycles. The lowest BCUT2D eigenvalue weighted by molar-refractivity contribution is -0.122. The summed E-state index contributed by atoms with van der Waals surface area (Å²) in [6, 6.07) is 4.05. The summed E-state index contributed by atoms with van der Waals surface area (Å²) >= 11 is 0. The summed E-state index contributed by atoms with van der Waals surface area (Å²) in [6.45, 7) is 12.5. The molecule has 1 aromatic rings. The lowest BCUT2D eigenvalue weighted by Gasteiger charge is -2.28. The van der Waals surface area contributed by atoms with Crippen molar-refractivity contribution < 1.29 is 9.90 Å². The minimum absolute atomic E-state index is 0.114. The Morgan fingerprint density at radius 1 is 1.00 bits per heavy atom. The maximum Gasteiger partial charge on any atom is 0.138 e. The van der Waals surface area contributed by atoms with E-state index in [1.165, 1.54) is 0 Å². The van der Waals surface area contributed by atoms with Gasteiger partial charge in [-0.3, -0.25) is 4.79 Å². The molecule has 1 N–H and O–H groups in total. The number of hydrogen-bond acceptors (Lipinski definition) is 2. The van der Waals surface area contributed by atoms with E-state index in [-0.39, 0.29) is 22.5 Å². The number of Topliss-reactive ketones (excluding diaryl/α,β-unsaturated/α-hetero) is 1. The number of hydrogen-bond donors (Lipinski definition) is 1. The first-order valence-corrected chi connectivity index (χ1v) is 9.18. The molecule has 26 heavy (non-hydrogen) atoms. The van der Waals surface area contributed by atoms with Crippen LogP contribution < -0.4 is 0 Å². The van der Waals surface area contributed by atoms with Crippen molar-refractivity contribution in [1.82, 2.24) is 0 Å². The number of ketones is 1. The van der Waals surface area contributed by atoms with Crippen molar-refractivity contribution in [3.8, 4) is 30.4 Å². The lowest BCUT2D eigenvalue weighted by Crippen LogP contribution is -2.18. The second-order valence-electron chi connectivity index (χ2n) is 9.02. The molecule has 2 nitrogen and oxygen atoms in total. The third-order valence-electron chi connectivity index (χ3n) is 4.63. The molecule has 0 spiro atoms. The highest BCUT2D eigenvalue weighted by atomic mass is 16.3. The highest BCUT2D eigenvalue weighted by Crippen LogP contribution is 2.40. The molecule has 0 aromatic heterocycles. The third kappa shape index (κ3) is 5.67. The predicted molar refractivity (Wildman–Crippen MR) is 109 cm³/mol. The molecular weight excluding hydrogens is 320 g/mol. The highest BCUT2D eigenvalue weighted by molar-refractivity contribution is 5.81. The van der Waals surface area contributed by atoms with Crippen molar-refractivity contribution in [2.75, 3.05) is 0 Å². The van der Waals surface area contributed by atoms with Crippen molar-refractivity contribution in [3.63, 3.8) is 0 Å². The number of aryl methyl sites for hydroxylation is 1. The van der Waals surface area contributed by atoms with Crippen LogP contribution in [0.2, 0.25) is 0 Å². The van der Waals surface area contributed by atoms with Gasteiger partial charge < -0.3 is 5.11 Å². The van der Waals surface area contributed by atoms with Crippen LogP contribution in [0.4, 0.5) is 0 Å². The summed E-state index contributed by atoms with van der Waals surface area (Å²) in [7, 11) is 0. The van der Waals surface area contributed by atoms with Crippen LogP contribution in [0.1, 0.15) is 77.5 Å². The second kappa shape index (κ2) is 8.46. The Morgan fingerprint density at radius 3 is 1.77 bits per heavy atom. The molecule has 140 valence electrons.